The van der Waals surface area contributed by atoms with E-state index in [9.17, 15) is 24.5 Å². The molecule has 0 saturated carbocycles. The maximum atomic E-state index is 12.0. The second kappa shape index (κ2) is 8.81. The molecule has 1 heterocycles. The normalized spacial score (nSPS) is 11.4. The number of nitrogens with zero attached hydrogens (tertiary/aromatic N) is 2. The van der Waals surface area contributed by atoms with Crippen LogP contribution in [0.3, 0.4) is 0 Å². The van der Waals surface area contributed by atoms with Crippen molar-refractivity contribution >= 4 is 29.3 Å². The number of carbonyl (C=O) groups is 2. The van der Waals surface area contributed by atoms with Gasteiger partial charge in [0.1, 0.15) is 6.54 Å². The Morgan fingerprint density at radius 3 is 2.50 bits per heavy atom. The fourth-order valence-electron chi connectivity index (χ4n) is 1.92. The summed E-state index contributed by atoms with van der Waals surface area (Å²) in [5.41, 5.74) is 4.18. The SMILES string of the molecule is C[C@H](Sc1ccc([N+](=O)[O-])cc1)C(=O)NNC(=O)Cn1ccccc1=O. The van der Waals surface area contributed by atoms with Gasteiger partial charge in [0.15, 0.2) is 0 Å². The molecule has 9 nitrogen and oxygen atoms in total. The van der Waals surface area contributed by atoms with Gasteiger partial charge in [0.25, 0.3) is 23.1 Å². The molecule has 0 fully saturated rings. The third-order valence-corrected chi connectivity index (χ3v) is 4.38. The minimum Gasteiger partial charge on any atom is -0.306 e. The van der Waals surface area contributed by atoms with Gasteiger partial charge in [-0.3, -0.25) is 35.3 Å². The lowest BCUT2D eigenvalue weighted by atomic mass is 10.3. The number of non-ortho nitro benzene ring substituents is 1. The Labute approximate surface area is 152 Å². The molecule has 2 amide bonds. The van der Waals surface area contributed by atoms with Gasteiger partial charge < -0.3 is 4.57 Å². The van der Waals surface area contributed by atoms with Crippen molar-refractivity contribution in [1.29, 1.82) is 0 Å². The number of nitro benzene ring substituents is 1. The summed E-state index contributed by atoms with van der Waals surface area (Å²) in [6.07, 6.45) is 1.47. The monoisotopic (exact) mass is 376 g/mol. The number of hydrazine groups is 1. The third-order valence-electron chi connectivity index (χ3n) is 3.27. The van der Waals surface area contributed by atoms with Crippen LogP contribution in [0.15, 0.2) is 58.4 Å². The summed E-state index contributed by atoms with van der Waals surface area (Å²) in [5, 5.41) is 10.1. The van der Waals surface area contributed by atoms with Gasteiger partial charge in [-0.2, -0.15) is 0 Å². The van der Waals surface area contributed by atoms with E-state index in [-0.39, 0.29) is 17.8 Å². The van der Waals surface area contributed by atoms with Crippen LogP contribution >= 0.6 is 11.8 Å². The van der Waals surface area contributed by atoms with E-state index in [0.29, 0.717) is 4.90 Å². The fraction of sp³-hybridized carbons (Fsp3) is 0.188. The number of nitrogens with one attached hydrogen (secondary N) is 2. The minimum atomic E-state index is -0.545. The van der Waals surface area contributed by atoms with Gasteiger partial charge in [0, 0.05) is 29.3 Å². The Hall–Kier alpha value is -3.14. The number of amides is 2. The zero-order valence-corrected chi connectivity index (χ0v) is 14.6. The number of hydrogen-bond donors (Lipinski definition) is 2. The van der Waals surface area contributed by atoms with Gasteiger partial charge >= 0.3 is 0 Å². The van der Waals surface area contributed by atoms with Gasteiger partial charge in [0.2, 0.25) is 0 Å². The summed E-state index contributed by atoms with van der Waals surface area (Å²) in [5.74, 6) is -0.985. The van der Waals surface area contributed by atoms with Crippen LogP contribution in [0.1, 0.15) is 6.92 Å². The van der Waals surface area contributed by atoms with Crippen LogP contribution in [0.2, 0.25) is 0 Å². The first-order valence-electron chi connectivity index (χ1n) is 7.52. The number of thioether (sulfide) groups is 1. The highest BCUT2D eigenvalue weighted by Gasteiger charge is 2.16. The number of pyridine rings is 1. The van der Waals surface area contributed by atoms with Crippen LogP contribution < -0.4 is 16.4 Å². The van der Waals surface area contributed by atoms with E-state index in [0.717, 1.165) is 0 Å². The summed E-state index contributed by atoms with van der Waals surface area (Å²) in [4.78, 5) is 46.1. The first-order valence-corrected chi connectivity index (χ1v) is 8.40. The zero-order valence-electron chi connectivity index (χ0n) is 13.7. The lowest BCUT2D eigenvalue weighted by Crippen LogP contribution is -2.46. The summed E-state index contributed by atoms with van der Waals surface area (Å²) in [6, 6.07) is 10.3. The standard InChI is InChI=1S/C16H16N4O5S/c1-11(26-13-7-5-12(6-8-13)20(24)25)16(23)18-17-14(21)10-19-9-3-2-4-15(19)22/h2-9,11H,10H2,1H3,(H,17,21)(H,18,23)/t11-/m0/s1. The largest absolute Gasteiger partial charge is 0.306 e. The van der Waals surface area contributed by atoms with Crippen molar-refractivity contribution in [3.05, 3.63) is 69.1 Å². The summed E-state index contributed by atoms with van der Waals surface area (Å²) < 4.78 is 1.20. The van der Waals surface area contributed by atoms with Gasteiger partial charge in [0.05, 0.1) is 10.2 Å². The highest BCUT2D eigenvalue weighted by molar-refractivity contribution is 8.00. The van der Waals surface area contributed by atoms with E-state index >= 15 is 0 Å². The fourth-order valence-corrected chi connectivity index (χ4v) is 2.79. The van der Waals surface area contributed by atoms with Gasteiger partial charge in [-0.05, 0) is 25.1 Å². The van der Waals surface area contributed by atoms with E-state index < -0.39 is 22.0 Å². The van der Waals surface area contributed by atoms with Crippen LogP contribution in [-0.2, 0) is 16.1 Å². The Morgan fingerprint density at radius 2 is 1.88 bits per heavy atom. The molecule has 0 spiro atoms. The van der Waals surface area contributed by atoms with E-state index in [2.05, 4.69) is 10.9 Å². The number of carbonyl (C=O) groups excluding carboxylic acids is 2. The van der Waals surface area contributed by atoms with Crippen LogP contribution in [0, 0.1) is 10.1 Å². The van der Waals surface area contributed by atoms with Crippen molar-refractivity contribution in [3.8, 4) is 0 Å². The lowest BCUT2D eigenvalue weighted by molar-refractivity contribution is -0.384. The van der Waals surface area contributed by atoms with E-state index in [1.165, 1.54) is 40.7 Å². The van der Waals surface area contributed by atoms with E-state index in [4.69, 9.17) is 0 Å². The predicted molar refractivity (Wildman–Crippen MR) is 95.4 cm³/mol. The maximum absolute atomic E-state index is 12.0. The van der Waals surface area contributed by atoms with Crippen molar-refractivity contribution in [2.45, 2.75) is 23.6 Å². The average molecular weight is 376 g/mol. The predicted octanol–water partition coefficient (Wildman–Crippen LogP) is 1.08. The molecular formula is C16H16N4O5S. The van der Waals surface area contributed by atoms with Crippen LogP contribution in [0.25, 0.3) is 0 Å². The molecule has 0 radical (unpaired) electrons. The molecular weight excluding hydrogens is 360 g/mol. The molecule has 0 aliphatic rings. The molecule has 0 unspecified atom stereocenters. The molecule has 1 aromatic carbocycles. The smallest absolute Gasteiger partial charge is 0.269 e. The second-order valence-corrected chi connectivity index (χ2v) is 6.63. The van der Waals surface area contributed by atoms with E-state index in [1.54, 1.807) is 31.2 Å². The van der Waals surface area contributed by atoms with Crippen molar-refractivity contribution in [2.75, 3.05) is 0 Å². The molecule has 0 saturated heterocycles. The molecule has 10 heteroatoms. The number of nitro groups is 1. The van der Waals surface area contributed by atoms with Gasteiger partial charge in [-0.1, -0.05) is 6.07 Å². The summed E-state index contributed by atoms with van der Waals surface area (Å²) >= 11 is 1.19. The molecule has 0 aliphatic heterocycles. The van der Waals surface area contributed by atoms with Crippen molar-refractivity contribution in [1.82, 2.24) is 15.4 Å². The van der Waals surface area contributed by atoms with Gasteiger partial charge in [-0.15, -0.1) is 11.8 Å². The third kappa shape index (κ3) is 5.45. The second-order valence-electron chi connectivity index (χ2n) is 5.22. The Kier molecular flexibility index (Phi) is 6.50. The number of rotatable bonds is 6. The highest BCUT2D eigenvalue weighted by Crippen LogP contribution is 2.25. The van der Waals surface area contributed by atoms with Crippen LogP contribution in [-0.4, -0.2) is 26.6 Å². The molecule has 136 valence electrons. The molecule has 0 aliphatic carbocycles. The van der Waals surface area contributed by atoms with Crippen LogP contribution in [0.5, 0.6) is 0 Å². The quantitative estimate of drug-likeness (QED) is 0.442. The molecule has 2 N–H and O–H groups in total. The molecule has 1 aromatic heterocycles. The molecule has 2 rings (SSSR count). The number of aromatic nitrogens is 1. The van der Waals surface area contributed by atoms with Gasteiger partial charge in [-0.25, -0.2) is 0 Å². The first kappa shape index (κ1) is 19.2. The van der Waals surface area contributed by atoms with Crippen LogP contribution in [0.4, 0.5) is 5.69 Å². The minimum absolute atomic E-state index is 0.0325. The Bertz CT molecular complexity index is 865. The Balaban J connectivity index is 1.83. The lowest BCUT2D eigenvalue weighted by Gasteiger charge is -2.13. The summed E-state index contributed by atoms with van der Waals surface area (Å²) in [6.45, 7) is 1.42. The average Bonchev–Trinajstić information content (AvgIpc) is 2.62. The van der Waals surface area contributed by atoms with E-state index in [1.807, 2.05) is 0 Å². The molecule has 2 aromatic rings. The topological polar surface area (TPSA) is 123 Å². The zero-order chi connectivity index (χ0) is 19.1. The first-order chi connectivity index (χ1) is 12.4. The van der Waals surface area contributed by atoms with Crippen molar-refractivity contribution < 1.29 is 14.5 Å². The number of hydrogen-bond acceptors (Lipinski definition) is 6. The molecule has 1 atom stereocenters. The molecule has 26 heavy (non-hydrogen) atoms. The maximum Gasteiger partial charge on any atom is 0.269 e. The van der Waals surface area contributed by atoms with Crippen molar-refractivity contribution in [3.63, 3.8) is 0 Å². The molecule has 0 bridgehead atoms. The number of benzene rings is 1. The van der Waals surface area contributed by atoms with Crippen molar-refractivity contribution in [2.24, 2.45) is 0 Å². The summed E-state index contributed by atoms with van der Waals surface area (Å²) in [7, 11) is 0. The Morgan fingerprint density at radius 1 is 1.19 bits per heavy atom. The highest BCUT2D eigenvalue weighted by atomic mass is 32.2.